The molecule has 0 aliphatic carbocycles. The number of thiazole rings is 1. The number of likely N-dealkylation sites (tertiary alicyclic amines) is 1. The van der Waals surface area contributed by atoms with Gasteiger partial charge in [-0.25, -0.2) is 4.98 Å². The number of hydrogen-bond acceptors (Lipinski definition) is 5. The first-order valence-electron chi connectivity index (χ1n) is 6.21. The zero-order valence-corrected chi connectivity index (χ0v) is 11.3. The Kier molecular flexibility index (Phi) is 4.14. The van der Waals surface area contributed by atoms with Crippen molar-refractivity contribution in [2.45, 2.75) is 45.4 Å². The van der Waals surface area contributed by atoms with Crippen molar-refractivity contribution in [2.24, 2.45) is 5.73 Å². The highest BCUT2D eigenvalue weighted by atomic mass is 32.1. The van der Waals surface area contributed by atoms with Crippen LogP contribution in [0, 0.1) is 6.92 Å². The second-order valence-corrected chi connectivity index (χ2v) is 6.00. The van der Waals surface area contributed by atoms with E-state index in [2.05, 4.69) is 16.8 Å². The van der Waals surface area contributed by atoms with Gasteiger partial charge in [0.2, 0.25) is 0 Å². The maximum absolute atomic E-state index is 9.78. The van der Waals surface area contributed by atoms with Crippen LogP contribution in [0.4, 0.5) is 0 Å². The van der Waals surface area contributed by atoms with Gasteiger partial charge in [0.25, 0.3) is 0 Å². The van der Waals surface area contributed by atoms with Crippen LogP contribution in [0.1, 0.15) is 28.9 Å². The van der Waals surface area contributed by atoms with Crippen molar-refractivity contribution < 1.29 is 5.11 Å². The van der Waals surface area contributed by atoms with Gasteiger partial charge in [0.15, 0.2) is 0 Å². The summed E-state index contributed by atoms with van der Waals surface area (Å²) in [6, 6.07) is -0.0555. The van der Waals surface area contributed by atoms with Gasteiger partial charge in [0.05, 0.1) is 16.8 Å². The fourth-order valence-corrected chi connectivity index (χ4v) is 3.34. The fourth-order valence-electron chi connectivity index (χ4n) is 2.27. The van der Waals surface area contributed by atoms with Crippen LogP contribution in [-0.2, 0) is 13.0 Å². The van der Waals surface area contributed by atoms with Crippen molar-refractivity contribution in [1.82, 2.24) is 9.88 Å². The van der Waals surface area contributed by atoms with Crippen molar-refractivity contribution in [3.05, 3.63) is 15.6 Å². The van der Waals surface area contributed by atoms with E-state index in [-0.39, 0.29) is 12.1 Å². The van der Waals surface area contributed by atoms with Crippen molar-refractivity contribution in [2.75, 3.05) is 13.1 Å². The average Bonchev–Trinajstić information content (AvgIpc) is 2.64. The number of hydrogen-bond donors (Lipinski definition) is 2. The Hall–Kier alpha value is -0.490. The molecule has 0 radical (unpaired) electrons. The standard InChI is InChI=1S/C12H21N3OS/c1-3-10-12(17-8(2)14-10)7-15-5-4-9(13)11(16)6-15/h9,11,16H,3-7,13H2,1-2H3/t9-,11-/m1/s1. The van der Waals surface area contributed by atoms with Crippen molar-refractivity contribution in [3.63, 3.8) is 0 Å². The zero-order valence-electron chi connectivity index (χ0n) is 10.5. The number of nitrogens with two attached hydrogens (primary N) is 1. The Morgan fingerprint density at radius 3 is 3.00 bits per heavy atom. The van der Waals surface area contributed by atoms with Gasteiger partial charge in [0, 0.05) is 30.6 Å². The molecule has 17 heavy (non-hydrogen) atoms. The molecular formula is C12H21N3OS. The van der Waals surface area contributed by atoms with Crippen LogP contribution in [0.5, 0.6) is 0 Å². The summed E-state index contributed by atoms with van der Waals surface area (Å²) in [7, 11) is 0. The summed E-state index contributed by atoms with van der Waals surface area (Å²) < 4.78 is 0. The van der Waals surface area contributed by atoms with Crippen molar-refractivity contribution in [3.8, 4) is 0 Å². The minimum Gasteiger partial charge on any atom is -0.390 e. The molecule has 2 rings (SSSR count). The summed E-state index contributed by atoms with van der Waals surface area (Å²) in [6.45, 7) is 6.74. The van der Waals surface area contributed by atoms with E-state index < -0.39 is 0 Å². The predicted octanol–water partition coefficient (Wildman–Crippen LogP) is 0.908. The number of rotatable bonds is 3. The summed E-state index contributed by atoms with van der Waals surface area (Å²) >= 11 is 1.77. The van der Waals surface area contributed by atoms with Crippen LogP contribution in [-0.4, -0.2) is 40.2 Å². The van der Waals surface area contributed by atoms with E-state index in [1.54, 1.807) is 11.3 Å². The van der Waals surface area contributed by atoms with Gasteiger partial charge in [-0.1, -0.05) is 6.92 Å². The average molecular weight is 255 g/mol. The number of aromatic nitrogens is 1. The van der Waals surface area contributed by atoms with Gasteiger partial charge in [0.1, 0.15) is 0 Å². The minimum absolute atomic E-state index is 0.0555. The van der Waals surface area contributed by atoms with Gasteiger partial charge >= 0.3 is 0 Å². The second-order valence-electron chi connectivity index (χ2n) is 4.71. The molecule has 2 atom stereocenters. The summed E-state index contributed by atoms with van der Waals surface area (Å²) in [6.07, 6.45) is 1.47. The SMILES string of the molecule is CCc1nc(C)sc1CN1CC[C@@H](N)[C@H](O)C1. The van der Waals surface area contributed by atoms with E-state index in [1.165, 1.54) is 10.6 Å². The molecule has 1 saturated heterocycles. The van der Waals surface area contributed by atoms with E-state index in [0.29, 0.717) is 6.54 Å². The topological polar surface area (TPSA) is 62.4 Å². The molecule has 1 fully saturated rings. The molecule has 0 unspecified atom stereocenters. The van der Waals surface area contributed by atoms with Gasteiger partial charge in [-0.15, -0.1) is 11.3 Å². The maximum Gasteiger partial charge on any atom is 0.0900 e. The molecule has 1 aromatic heterocycles. The van der Waals surface area contributed by atoms with Gasteiger partial charge < -0.3 is 10.8 Å². The molecule has 0 amide bonds. The van der Waals surface area contributed by atoms with Crippen LogP contribution in [0.3, 0.4) is 0 Å². The second kappa shape index (κ2) is 5.44. The molecule has 2 heterocycles. The molecule has 1 aliphatic rings. The first kappa shape index (κ1) is 13.0. The van der Waals surface area contributed by atoms with Gasteiger partial charge in [-0.3, -0.25) is 4.90 Å². The first-order chi connectivity index (χ1) is 8.10. The third kappa shape index (κ3) is 3.04. The lowest BCUT2D eigenvalue weighted by molar-refractivity contribution is 0.0503. The molecule has 4 nitrogen and oxygen atoms in total. The number of aryl methyl sites for hydroxylation is 2. The zero-order chi connectivity index (χ0) is 12.4. The summed E-state index contributed by atoms with van der Waals surface area (Å²) in [5.41, 5.74) is 7.01. The largest absolute Gasteiger partial charge is 0.390 e. The lowest BCUT2D eigenvalue weighted by Crippen LogP contribution is -2.50. The van der Waals surface area contributed by atoms with Crippen molar-refractivity contribution >= 4 is 11.3 Å². The molecule has 96 valence electrons. The molecule has 1 aromatic rings. The van der Waals surface area contributed by atoms with E-state index in [0.717, 1.165) is 30.9 Å². The van der Waals surface area contributed by atoms with Crippen LogP contribution in [0.2, 0.25) is 0 Å². The van der Waals surface area contributed by atoms with Crippen LogP contribution in [0.15, 0.2) is 0 Å². The van der Waals surface area contributed by atoms with Crippen LogP contribution in [0.25, 0.3) is 0 Å². The number of aliphatic hydroxyl groups is 1. The summed E-state index contributed by atoms with van der Waals surface area (Å²) in [5.74, 6) is 0. The normalized spacial score (nSPS) is 26.4. The molecular weight excluding hydrogens is 234 g/mol. The minimum atomic E-state index is -0.386. The number of piperidine rings is 1. The number of β-amino-alcohol motifs (C(OH)–C–C–N with tert-alkyl or cyclic N) is 1. The van der Waals surface area contributed by atoms with Crippen LogP contribution < -0.4 is 5.73 Å². The quantitative estimate of drug-likeness (QED) is 0.842. The highest BCUT2D eigenvalue weighted by Gasteiger charge is 2.25. The van der Waals surface area contributed by atoms with Crippen LogP contribution >= 0.6 is 11.3 Å². The Bertz CT molecular complexity index is 380. The molecule has 1 aliphatic heterocycles. The molecule has 0 aromatic carbocycles. The molecule has 0 saturated carbocycles. The molecule has 5 heteroatoms. The van der Waals surface area contributed by atoms with Crippen molar-refractivity contribution in [1.29, 1.82) is 0 Å². The highest BCUT2D eigenvalue weighted by molar-refractivity contribution is 7.11. The first-order valence-corrected chi connectivity index (χ1v) is 7.03. The Balaban J connectivity index is 2.00. The van der Waals surface area contributed by atoms with E-state index in [9.17, 15) is 5.11 Å². The van der Waals surface area contributed by atoms with E-state index >= 15 is 0 Å². The third-order valence-electron chi connectivity index (χ3n) is 3.31. The Labute approximate surface area is 106 Å². The lowest BCUT2D eigenvalue weighted by atomic mass is 10.0. The highest BCUT2D eigenvalue weighted by Crippen LogP contribution is 2.22. The smallest absolute Gasteiger partial charge is 0.0900 e. The molecule has 3 N–H and O–H groups in total. The number of nitrogens with zero attached hydrogens (tertiary/aromatic N) is 2. The maximum atomic E-state index is 9.78. The number of aliphatic hydroxyl groups excluding tert-OH is 1. The monoisotopic (exact) mass is 255 g/mol. The lowest BCUT2D eigenvalue weighted by Gasteiger charge is -2.33. The summed E-state index contributed by atoms with van der Waals surface area (Å²) in [5, 5.41) is 10.9. The Morgan fingerprint density at radius 1 is 1.59 bits per heavy atom. The fraction of sp³-hybridized carbons (Fsp3) is 0.750. The Morgan fingerprint density at radius 2 is 2.35 bits per heavy atom. The summed E-state index contributed by atoms with van der Waals surface area (Å²) in [4.78, 5) is 8.15. The van der Waals surface area contributed by atoms with Gasteiger partial charge in [-0.2, -0.15) is 0 Å². The molecule has 0 bridgehead atoms. The molecule has 0 spiro atoms. The van der Waals surface area contributed by atoms with Gasteiger partial charge in [-0.05, 0) is 19.8 Å². The van der Waals surface area contributed by atoms with E-state index in [4.69, 9.17) is 5.73 Å². The third-order valence-corrected chi connectivity index (χ3v) is 4.30. The predicted molar refractivity (Wildman–Crippen MR) is 70.1 cm³/mol. The van der Waals surface area contributed by atoms with E-state index in [1.807, 2.05) is 6.92 Å².